The first-order valence-corrected chi connectivity index (χ1v) is 17.3. The van der Waals surface area contributed by atoms with Crippen molar-refractivity contribution in [3.63, 3.8) is 0 Å². The summed E-state index contributed by atoms with van der Waals surface area (Å²) >= 11 is 0. The molecule has 0 aliphatic heterocycles. The van der Waals surface area contributed by atoms with Crippen LogP contribution in [0.5, 0.6) is 0 Å². The zero-order valence-electron chi connectivity index (χ0n) is 30.6. The number of benzene rings is 3. The van der Waals surface area contributed by atoms with Crippen LogP contribution in [-0.4, -0.2) is 15.9 Å². The molecule has 2 heterocycles. The minimum Gasteiger partial charge on any atom is -0.512 e. The summed E-state index contributed by atoms with van der Waals surface area (Å²) in [5.41, 5.74) is 8.06. The van der Waals surface area contributed by atoms with E-state index in [1.165, 1.54) is 33.5 Å². The first-order chi connectivity index (χ1) is 22.0. The van der Waals surface area contributed by atoms with Gasteiger partial charge in [0.05, 0.1) is 11.1 Å². The van der Waals surface area contributed by atoms with Crippen molar-refractivity contribution in [1.29, 1.82) is 0 Å². The molecule has 0 amide bonds. The van der Waals surface area contributed by atoms with Crippen LogP contribution in [0.3, 0.4) is 0 Å². The summed E-state index contributed by atoms with van der Waals surface area (Å²) in [6.07, 6.45) is 4.75. The number of nitrogens with zero attached hydrogens (tertiary/aromatic N) is 1. The predicted octanol–water partition coefficient (Wildman–Crippen LogP) is 12.2. The molecule has 1 aliphatic carbocycles. The van der Waals surface area contributed by atoms with Crippen molar-refractivity contribution in [3.05, 3.63) is 89.2 Å². The number of hydrogen-bond donors (Lipinski definition) is 1. The number of aromatic nitrogens is 1. The van der Waals surface area contributed by atoms with Crippen LogP contribution in [0, 0.1) is 16.9 Å². The van der Waals surface area contributed by atoms with Crippen molar-refractivity contribution >= 4 is 38.6 Å². The number of aliphatic hydroxyl groups is 1. The average Bonchev–Trinajstić information content (AvgIpc) is 3.42. The van der Waals surface area contributed by atoms with Gasteiger partial charge < -0.3 is 9.52 Å². The van der Waals surface area contributed by atoms with Crippen LogP contribution < -0.4 is 0 Å². The van der Waals surface area contributed by atoms with Crippen LogP contribution in [0.1, 0.15) is 119 Å². The molecular weight excluding hydrogens is 771 g/mol. The van der Waals surface area contributed by atoms with E-state index in [1.807, 2.05) is 53.7 Å². The van der Waals surface area contributed by atoms with E-state index < -0.39 is 0 Å². The van der Waals surface area contributed by atoms with Crippen LogP contribution in [0.25, 0.3) is 44.1 Å². The molecule has 1 aliphatic rings. The van der Waals surface area contributed by atoms with E-state index in [-0.39, 0.29) is 53.3 Å². The van der Waals surface area contributed by atoms with E-state index in [1.54, 1.807) is 0 Å². The first-order valence-electron chi connectivity index (χ1n) is 17.3. The molecule has 257 valence electrons. The molecule has 0 unspecified atom stereocenters. The second-order valence-corrected chi connectivity index (χ2v) is 15.5. The Balaban J connectivity index is 0.000000251. The van der Waals surface area contributed by atoms with Crippen molar-refractivity contribution in [3.8, 4) is 11.3 Å². The van der Waals surface area contributed by atoms with Gasteiger partial charge in [0.15, 0.2) is 5.78 Å². The first kappa shape index (κ1) is 37.5. The van der Waals surface area contributed by atoms with Gasteiger partial charge in [0, 0.05) is 42.4 Å². The monoisotopic (exact) mass is 823 g/mol. The van der Waals surface area contributed by atoms with Gasteiger partial charge in [-0.2, -0.15) is 0 Å². The number of carbonyl (C=O) groups excluding carboxylic acids is 1. The average molecular weight is 823 g/mol. The fourth-order valence-corrected chi connectivity index (χ4v) is 6.65. The third kappa shape index (κ3) is 6.41. The van der Waals surface area contributed by atoms with Crippen molar-refractivity contribution in [1.82, 2.24) is 4.98 Å². The molecule has 0 saturated heterocycles. The molecule has 5 aromatic rings. The van der Waals surface area contributed by atoms with E-state index in [2.05, 4.69) is 83.1 Å². The molecule has 48 heavy (non-hydrogen) atoms. The maximum atomic E-state index is 12.2. The third-order valence-electron chi connectivity index (χ3n) is 11.3. The minimum absolute atomic E-state index is 0. The van der Waals surface area contributed by atoms with Crippen LogP contribution in [-0.2, 0) is 35.7 Å². The molecule has 0 spiro atoms. The number of aliphatic hydroxyl groups excluding tert-OH is 1. The summed E-state index contributed by atoms with van der Waals surface area (Å²) in [4.78, 5) is 17.4. The number of rotatable bonds is 7. The van der Waals surface area contributed by atoms with Crippen molar-refractivity contribution in [2.45, 2.75) is 113 Å². The SMILES string of the molecule is CC(C)(C)c1ccc2nc3c(cc2c1)C(C)(C)c1cccc2oc4cc[c-]c-3c4c12.CCC(C)(CC)C(=O)/C=C(\O)C(C)(CC)CC.[Ir]. The number of furan rings is 1. The zero-order valence-corrected chi connectivity index (χ0v) is 33.0. The van der Waals surface area contributed by atoms with Gasteiger partial charge >= 0.3 is 0 Å². The molecule has 5 heteroatoms. The molecule has 0 fully saturated rings. The van der Waals surface area contributed by atoms with Gasteiger partial charge in [-0.1, -0.05) is 117 Å². The number of carbonyl (C=O) groups is 1. The van der Waals surface area contributed by atoms with Gasteiger partial charge in [-0.15, -0.1) is 17.7 Å². The normalized spacial score (nSPS) is 14.4. The Labute approximate surface area is 300 Å². The third-order valence-corrected chi connectivity index (χ3v) is 11.3. The molecule has 0 atom stereocenters. The number of hydrogen-bond acceptors (Lipinski definition) is 4. The smallest absolute Gasteiger partial charge is 0.164 e. The fourth-order valence-electron chi connectivity index (χ4n) is 6.65. The molecule has 0 bridgehead atoms. The largest absolute Gasteiger partial charge is 0.512 e. The van der Waals surface area contributed by atoms with E-state index in [4.69, 9.17) is 9.40 Å². The summed E-state index contributed by atoms with van der Waals surface area (Å²) in [5, 5.41) is 13.7. The molecule has 1 radical (unpaired) electrons. The molecule has 2 aromatic heterocycles. The van der Waals surface area contributed by atoms with Gasteiger partial charge in [-0.05, 0) is 76.9 Å². The second kappa shape index (κ2) is 13.6. The number of allylic oxidation sites excluding steroid dienone is 2. The molecule has 1 N–H and O–H groups in total. The summed E-state index contributed by atoms with van der Waals surface area (Å²) in [6, 6.07) is 22.9. The van der Waals surface area contributed by atoms with E-state index in [0.717, 1.165) is 59.0 Å². The summed E-state index contributed by atoms with van der Waals surface area (Å²) in [7, 11) is 0. The van der Waals surface area contributed by atoms with Crippen molar-refractivity contribution < 1.29 is 34.4 Å². The minimum atomic E-state index is -0.337. The fraction of sp³-hybridized carbons (Fsp3) is 0.442. The second-order valence-electron chi connectivity index (χ2n) is 15.5. The summed E-state index contributed by atoms with van der Waals surface area (Å²) in [5.74, 6) is 0.286. The Hall–Kier alpha value is -3.27. The molecular formula is C43H52IrNO3-. The summed E-state index contributed by atoms with van der Waals surface area (Å²) < 4.78 is 6.21. The van der Waals surface area contributed by atoms with Gasteiger partial charge in [-0.3, -0.25) is 9.78 Å². The Morgan fingerprint density at radius 2 is 1.48 bits per heavy atom. The predicted molar refractivity (Wildman–Crippen MR) is 197 cm³/mol. The number of pyridine rings is 1. The van der Waals surface area contributed by atoms with Gasteiger partial charge in [0.1, 0.15) is 11.3 Å². The van der Waals surface area contributed by atoms with Crippen LogP contribution >= 0.6 is 0 Å². The molecule has 0 saturated carbocycles. The Kier molecular flexibility index (Phi) is 10.6. The molecule has 6 rings (SSSR count). The van der Waals surface area contributed by atoms with Crippen molar-refractivity contribution in [2.24, 2.45) is 10.8 Å². The Morgan fingerprint density at radius 1 is 0.854 bits per heavy atom. The van der Waals surface area contributed by atoms with E-state index >= 15 is 0 Å². The van der Waals surface area contributed by atoms with Gasteiger partial charge in [0.2, 0.25) is 0 Å². The maximum absolute atomic E-state index is 12.2. The summed E-state index contributed by atoms with van der Waals surface area (Å²) in [6.45, 7) is 23.4. The standard InChI is InChI=1S/C28H24NO.C15H28O2.Ir/c1-27(2,3)17-12-13-21-16(14-17)15-20-26(29-21)18-8-6-10-22-24(18)25-19(28(20,4)5)9-7-11-23(25)30-22;1-7-14(5,8-2)12(16)11-13(17)15(6,9-3)10-4;/h6-7,9-15H,1-5H3;11,16H,7-10H2,1-6H3;/q-1;;/b;12-11-;. The quantitative estimate of drug-likeness (QED) is 0.101. The van der Waals surface area contributed by atoms with Crippen LogP contribution in [0.4, 0.5) is 0 Å². The molecule has 3 aromatic carbocycles. The Bertz CT molecular complexity index is 2000. The van der Waals surface area contributed by atoms with Crippen LogP contribution in [0.2, 0.25) is 0 Å². The topological polar surface area (TPSA) is 63.3 Å². The molecule has 4 nitrogen and oxygen atoms in total. The van der Waals surface area contributed by atoms with Crippen LogP contribution in [0.15, 0.2) is 70.8 Å². The number of ketones is 1. The number of fused-ring (bicyclic) bond motifs is 3. The van der Waals surface area contributed by atoms with Gasteiger partial charge in [0.25, 0.3) is 0 Å². The Morgan fingerprint density at radius 3 is 2.08 bits per heavy atom. The van der Waals surface area contributed by atoms with E-state index in [9.17, 15) is 9.90 Å². The maximum Gasteiger partial charge on any atom is 0.164 e. The van der Waals surface area contributed by atoms with Crippen molar-refractivity contribution in [2.75, 3.05) is 0 Å². The zero-order chi connectivity index (χ0) is 34.5. The van der Waals surface area contributed by atoms with E-state index in [0.29, 0.717) is 0 Å². The van der Waals surface area contributed by atoms with Gasteiger partial charge in [-0.25, -0.2) is 0 Å².